The summed E-state index contributed by atoms with van der Waals surface area (Å²) in [5, 5.41) is 103. The molecule has 20 bridgehead atoms. The highest BCUT2D eigenvalue weighted by Crippen LogP contribution is 2.45. The molecular formula is C112H104N6O12. The molecule has 2 aliphatic carbocycles. The maximum Gasteiger partial charge on any atom is 0.252 e. The van der Waals surface area contributed by atoms with Crippen molar-refractivity contribution in [1.82, 2.24) is 30.6 Å². The van der Waals surface area contributed by atoms with Crippen molar-refractivity contribution in [3.8, 4) is 103 Å². The molecule has 15 aromatic rings. The van der Waals surface area contributed by atoms with Crippen LogP contribution < -0.4 is 20.1 Å². The van der Waals surface area contributed by atoms with E-state index < -0.39 is 0 Å². The van der Waals surface area contributed by atoms with Crippen molar-refractivity contribution in [1.29, 1.82) is 0 Å². The zero-order valence-electron chi connectivity index (χ0n) is 74.7. The number of rotatable bonds is 14. The monoisotopic (exact) mass is 1720 g/mol. The number of ether oxygens (including phenoxy) is 2. The van der Waals surface area contributed by atoms with Gasteiger partial charge in [-0.05, 0) is 240 Å². The molecule has 0 spiro atoms. The van der Waals surface area contributed by atoms with E-state index in [1.165, 1.54) is 12.4 Å². The maximum atomic E-state index is 13.6. The molecular weight excluding hydrogens is 1620 g/mol. The molecule has 11 aromatic carbocycles. The quantitative estimate of drug-likeness (QED) is 0.0453. The number of fused-ring (bicyclic) bond motifs is 20. The number of phenols is 8. The largest absolute Gasteiger partial charge is 0.507 e. The fourth-order valence-electron chi connectivity index (χ4n) is 19.1. The standard InChI is InChI=1S/C112H104N6O12/c1-61-26-75-46-79-30-63(3)34-83(103(79)119)50-87-38-67(7)42-91(107(87)123)54-92-43-68(8)39-88(108(92)124)51-84-35-64(4)31-80(104(84)120)47-76(27-61)101(75)71-14-18-97(115-57-71)99-20-16-73(59-117-99)111(127)113-22-24-129-95-12-11-13-96(56-95)130-25-23-114-112(128)74-17-21-100(118-60-74)98-19-15-72(58-116-98)102-77-28-62(2)29-78(102)49-82-33-66(6)37-86(106(82)122)53-90-41-70(10)45-94(110(90)126)55-93-44-69(9)40-89(109(93)125)52-85-36-65(5)32-81(48-77)105(85)121/h11-21,26-45,56-60,119-126H,22-25,46-55H2,1-10H3,(H,113,127)(H,114,128). The minimum Gasteiger partial charge on any atom is -0.507 e. The van der Waals surface area contributed by atoms with Crippen molar-refractivity contribution in [3.63, 3.8) is 0 Å². The summed E-state index contributed by atoms with van der Waals surface area (Å²) in [4.78, 5) is 46.4. The highest BCUT2D eigenvalue weighted by atomic mass is 16.5. The number of benzene rings is 11. The van der Waals surface area contributed by atoms with Crippen LogP contribution in [0, 0.1) is 69.2 Å². The van der Waals surface area contributed by atoms with Crippen molar-refractivity contribution in [3.05, 3.63) is 397 Å². The molecule has 2 aliphatic rings. The van der Waals surface area contributed by atoms with Gasteiger partial charge in [-0.25, -0.2) is 0 Å². The molecule has 18 heteroatoms. The first kappa shape index (κ1) is 87.1. The summed E-state index contributed by atoms with van der Waals surface area (Å²) >= 11 is 0. The lowest BCUT2D eigenvalue weighted by Crippen LogP contribution is -2.28. The Balaban J connectivity index is 0.528. The van der Waals surface area contributed by atoms with Crippen LogP contribution in [0.1, 0.15) is 188 Å². The molecule has 130 heavy (non-hydrogen) atoms. The number of aromatic hydroxyl groups is 8. The Morgan fingerprint density at radius 2 is 0.446 bits per heavy atom. The van der Waals surface area contributed by atoms with Crippen LogP contribution >= 0.6 is 0 Å². The third kappa shape index (κ3) is 19.0. The number of aryl methyl sites for hydroxylation is 10. The Morgan fingerprint density at radius 3 is 0.638 bits per heavy atom. The van der Waals surface area contributed by atoms with E-state index in [1.54, 1.807) is 48.5 Å². The van der Waals surface area contributed by atoms with Gasteiger partial charge in [-0.1, -0.05) is 195 Å². The predicted molar refractivity (Wildman–Crippen MR) is 508 cm³/mol. The second kappa shape index (κ2) is 36.7. The predicted octanol–water partition coefficient (Wildman–Crippen LogP) is 20.8. The summed E-state index contributed by atoms with van der Waals surface area (Å²) in [6, 6.07) is 61.8. The van der Waals surface area contributed by atoms with Gasteiger partial charge in [-0.2, -0.15) is 0 Å². The Bertz CT molecular complexity index is 6290. The van der Waals surface area contributed by atoms with E-state index in [1.807, 2.05) is 203 Å². The summed E-state index contributed by atoms with van der Waals surface area (Å²) in [7, 11) is 0. The molecule has 0 atom stereocenters. The SMILES string of the molecule is Cc1cc2c(O)c(c1)Cc1cc(C)cc(c1O)Cc1cc(C)cc(c1-c1ccc(-c3ccc(C(=O)NCCOc4cccc(OCCNC(=O)c5ccc(-c6ccc(-c7c8cc(C)cc7Cc7cc(C)cc(c7O)Cc7cc(C)cc(c7O)Cc7cc(C)cc(c7O)Cc7cc(C)cc(c7O)C8)cn6)nc5)c4)cn3)nc1)Cc1cc(C)cc(c1O)Cc1cc(C)cc(c1O)C2. The van der Waals surface area contributed by atoms with E-state index in [4.69, 9.17) is 19.4 Å². The molecule has 0 saturated carbocycles. The smallest absolute Gasteiger partial charge is 0.252 e. The van der Waals surface area contributed by atoms with Crippen molar-refractivity contribution in [2.75, 3.05) is 26.3 Å². The Hall–Kier alpha value is -15.0. The Kier molecular flexibility index (Phi) is 24.6. The Morgan fingerprint density at radius 1 is 0.254 bits per heavy atom. The van der Waals surface area contributed by atoms with Gasteiger partial charge < -0.3 is 61.0 Å². The van der Waals surface area contributed by atoms with Gasteiger partial charge in [0.15, 0.2) is 0 Å². The number of carbonyl (C=O) groups excluding carboxylic acids is 2. The van der Waals surface area contributed by atoms with Gasteiger partial charge >= 0.3 is 0 Å². The van der Waals surface area contributed by atoms with Crippen LogP contribution in [-0.2, 0) is 64.2 Å². The third-order valence-corrected chi connectivity index (χ3v) is 24.8. The van der Waals surface area contributed by atoms with E-state index in [9.17, 15) is 50.4 Å². The molecule has 654 valence electrons. The highest BCUT2D eigenvalue weighted by Gasteiger charge is 2.28. The third-order valence-electron chi connectivity index (χ3n) is 24.8. The van der Waals surface area contributed by atoms with E-state index >= 15 is 0 Å². The maximum absolute atomic E-state index is 13.6. The number of nitrogens with one attached hydrogen (secondary N) is 2. The second-order valence-corrected chi connectivity index (χ2v) is 35.6. The van der Waals surface area contributed by atoms with Crippen molar-refractivity contribution < 1.29 is 59.9 Å². The molecule has 0 fully saturated rings. The van der Waals surface area contributed by atoms with Crippen LogP contribution in [0.4, 0.5) is 0 Å². The van der Waals surface area contributed by atoms with Crippen LogP contribution in [0.15, 0.2) is 219 Å². The summed E-state index contributed by atoms with van der Waals surface area (Å²) < 4.78 is 12.1. The molecule has 0 radical (unpaired) electrons. The van der Waals surface area contributed by atoms with Crippen LogP contribution in [0.3, 0.4) is 0 Å². The van der Waals surface area contributed by atoms with Crippen LogP contribution in [-0.4, -0.2) is 98.9 Å². The summed E-state index contributed by atoms with van der Waals surface area (Å²) in [6.45, 7) is 20.7. The van der Waals surface area contributed by atoms with Crippen LogP contribution in [0.25, 0.3) is 45.0 Å². The minimum absolute atomic E-state index is 0.112. The zero-order chi connectivity index (χ0) is 91.0. The molecule has 0 unspecified atom stereocenters. The van der Waals surface area contributed by atoms with E-state index in [2.05, 4.69) is 44.9 Å². The van der Waals surface area contributed by atoms with Gasteiger partial charge in [0.25, 0.3) is 11.8 Å². The van der Waals surface area contributed by atoms with Gasteiger partial charge in [-0.3, -0.25) is 29.5 Å². The summed E-state index contributed by atoms with van der Waals surface area (Å²) in [5.74, 6) is 1.37. The fourth-order valence-corrected chi connectivity index (χ4v) is 19.1. The number of aromatic nitrogens is 4. The molecule has 4 aromatic heterocycles. The first-order valence-corrected chi connectivity index (χ1v) is 44.1. The van der Waals surface area contributed by atoms with Gasteiger partial charge in [0.05, 0.1) is 47.0 Å². The Labute approximate surface area is 757 Å². The lowest BCUT2D eigenvalue weighted by Gasteiger charge is -2.21. The fraction of sp³-hybridized carbons (Fsp3) is 0.214. The summed E-state index contributed by atoms with van der Waals surface area (Å²) in [5.41, 5.74) is 30.6. The average Bonchev–Trinajstić information content (AvgIpc) is 0.773. The molecule has 0 aliphatic heterocycles. The van der Waals surface area contributed by atoms with Gasteiger partial charge in [0, 0.05) is 106 Å². The molecule has 0 saturated heterocycles. The van der Waals surface area contributed by atoms with E-state index in [0.717, 1.165) is 122 Å². The topological polar surface area (TPSA) is 290 Å². The van der Waals surface area contributed by atoms with Crippen LogP contribution in [0.5, 0.6) is 57.5 Å². The zero-order valence-corrected chi connectivity index (χ0v) is 74.7. The number of amides is 2. The van der Waals surface area contributed by atoms with E-state index in [0.29, 0.717) is 138 Å². The lowest BCUT2D eigenvalue weighted by atomic mass is 9.85. The number of phenolic OH excluding ortho intramolecular Hbond substituents is 8. The normalized spacial score (nSPS) is 12.5. The first-order chi connectivity index (χ1) is 62.5. The lowest BCUT2D eigenvalue weighted by molar-refractivity contribution is 0.0939. The number of hydrogen-bond donors (Lipinski definition) is 10. The van der Waals surface area contributed by atoms with Crippen LogP contribution in [0.2, 0.25) is 0 Å². The van der Waals surface area contributed by atoms with Crippen molar-refractivity contribution in [2.24, 2.45) is 0 Å². The molecule has 2 amide bonds. The number of nitrogens with zero attached hydrogens (tertiary/aromatic N) is 4. The summed E-state index contributed by atoms with van der Waals surface area (Å²) in [6.07, 6.45) is 9.75. The molecule has 10 N–H and O–H groups in total. The highest BCUT2D eigenvalue weighted by molar-refractivity contribution is 5.95. The average molecular weight is 1730 g/mol. The molecule has 17 rings (SSSR count). The van der Waals surface area contributed by atoms with Gasteiger partial charge in [-0.15, -0.1) is 0 Å². The first-order valence-electron chi connectivity index (χ1n) is 44.1. The minimum atomic E-state index is -0.338. The number of pyridine rings is 4. The van der Waals surface area contributed by atoms with Crippen molar-refractivity contribution in [2.45, 2.75) is 133 Å². The van der Waals surface area contributed by atoms with Gasteiger partial charge in [0.1, 0.15) is 70.7 Å². The van der Waals surface area contributed by atoms with Gasteiger partial charge in [0.2, 0.25) is 0 Å². The molecule has 4 heterocycles. The van der Waals surface area contributed by atoms with E-state index in [-0.39, 0.29) is 123 Å². The second-order valence-electron chi connectivity index (χ2n) is 35.6. The van der Waals surface area contributed by atoms with Crippen molar-refractivity contribution >= 4 is 11.8 Å². The molecule has 18 nitrogen and oxygen atoms in total. The number of hydrogen-bond acceptors (Lipinski definition) is 16. The number of carbonyl (C=O) groups is 2.